The highest BCUT2D eigenvalue weighted by Crippen LogP contribution is 2.65. The molecule has 1 aliphatic carbocycles. The van der Waals surface area contributed by atoms with Crippen LogP contribution >= 0.6 is 23.2 Å². The number of aryl methyl sites for hydroxylation is 1. The van der Waals surface area contributed by atoms with Gasteiger partial charge in [-0.2, -0.15) is 0 Å². The van der Waals surface area contributed by atoms with Gasteiger partial charge >= 0.3 is 5.97 Å². The molecule has 1 N–H and O–H groups in total. The number of aromatic nitrogens is 2. The Kier molecular flexibility index (Phi) is 6.00. The fourth-order valence-electron chi connectivity index (χ4n) is 7.93. The molecule has 1 saturated heterocycles. The van der Waals surface area contributed by atoms with Crippen LogP contribution in [0.15, 0.2) is 48.5 Å². The second-order valence-corrected chi connectivity index (χ2v) is 13.0. The molecule has 43 heavy (non-hydrogen) atoms. The molecule has 3 aliphatic heterocycles. The molecule has 0 bridgehead atoms. The van der Waals surface area contributed by atoms with E-state index >= 15 is 4.39 Å². The molecule has 2 fully saturated rings. The molecule has 1 spiro atoms. The molecule has 4 heterocycles. The third kappa shape index (κ3) is 3.72. The second kappa shape index (κ2) is 9.52. The van der Waals surface area contributed by atoms with Crippen molar-refractivity contribution in [1.29, 1.82) is 0 Å². The van der Waals surface area contributed by atoms with Gasteiger partial charge in [-0.25, -0.2) is 14.2 Å². The van der Waals surface area contributed by atoms with E-state index in [1.54, 1.807) is 37.3 Å². The van der Waals surface area contributed by atoms with Crippen LogP contribution in [-0.4, -0.2) is 45.5 Å². The number of carbonyl (C=O) groups is 2. The fourth-order valence-corrected chi connectivity index (χ4v) is 8.28. The molecule has 0 radical (unpaired) electrons. The minimum atomic E-state index is -1.18. The van der Waals surface area contributed by atoms with Gasteiger partial charge in [-0.15, -0.1) is 0 Å². The van der Waals surface area contributed by atoms with E-state index in [4.69, 9.17) is 32.9 Å². The van der Waals surface area contributed by atoms with Crippen LogP contribution in [-0.2, 0) is 21.6 Å². The van der Waals surface area contributed by atoms with Gasteiger partial charge in [0.05, 0.1) is 28.2 Å². The highest BCUT2D eigenvalue weighted by atomic mass is 35.5. The smallest absolute Gasteiger partial charge is 0.338 e. The first-order valence-electron chi connectivity index (χ1n) is 14.7. The fraction of sp³-hybridized carbons (Fsp3) is 0.364. The minimum Gasteiger partial charge on any atom is -0.462 e. The van der Waals surface area contributed by atoms with Gasteiger partial charge in [0.2, 0.25) is 5.91 Å². The standard InChI is InChI=1S/C33H29Cl2FN4O3/c1-3-43-31(41)20-13-24-25(11-16(20)2)39-15-26-27(30(39)37-24)28(19-5-4-6-22(35)29(19)36)33(40(26)14-17-7-8-17)21-10-9-18(34)12-23(21)38-32(33)42/h4-6,9-13,17,26-28H,3,7-8,14-15H2,1-2H3,(H,38,42)/t26-,27+,28-,33+/m0/s1. The van der Waals surface area contributed by atoms with Crippen molar-refractivity contribution in [2.45, 2.75) is 56.7 Å². The number of hydrogen-bond donors (Lipinski definition) is 1. The predicted octanol–water partition coefficient (Wildman–Crippen LogP) is 6.79. The molecule has 4 aromatic rings. The number of esters is 1. The summed E-state index contributed by atoms with van der Waals surface area (Å²) in [5.41, 5.74) is 3.50. The maximum absolute atomic E-state index is 16.2. The largest absolute Gasteiger partial charge is 0.462 e. The predicted molar refractivity (Wildman–Crippen MR) is 162 cm³/mol. The third-order valence-corrected chi connectivity index (χ3v) is 10.3. The summed E-state index contributed by atoms with van der Waals surface area (Å²) in [5.74, 6) is -0.807. The van der Waals surface area contributed by atoms with Gasteiger partial charge in [0, 0.05) is 47.2 Å². The number of imidazole rings is 1. The molecular weight excluding hydrogens is 590 g/mol. The summed E-state index contributed by atoms with van der Waals surface area (Å²) in [6.07, 6.45) is 2.19. The van der Waals surface area contributed by atoms with E-state index in [-0.39, 0.29) is 35.5 Å². The molecule has 220 valence electrons. The van der Waals surface area contributed by atoms with E-state index in [1.807, 2.05) is 19.1 Å². The number of halogens is 3. The quantitative estimate of drug-likeness (QED) is 0.249. The van der Waals surface area contributed by atoms with Gasteiger partial charge in [0.15, 0.2) is 0 Å². The lowest BCUT2D eigenvalue weighted by atomic mass is 9.71. The lowest BCUT2D eigenvalue weighted by Crippen LogP contribution is -2.53. The number of hydrogen-bond acceptors (Lipinski definition) is 5. The van der Waals surface area contributed by atoms with Gasteiger partial charge in [-0.3, -0.25) is 9.69 Å². The number of ether oxygens (including phenoxy) is 1. The summed E-state index contributed by atoms with van der Waals surface area (Å²) in [6.45, 7) is 5.24. The van der Waals surface area contributed by atoms with Crippen LogP contribution in [0.1, 0.15) is 64.5 Å². The van der Waals surface area contributed by atoms with Gasteiger partial charge < -0.3 is 14.6 Å². The Bertz CT molecular complexity index is 1870. The molecule has 4 atom stereocenters. The normalized spacial score (nSPS) is 25.7. The Morgan fingerprint density at radius 3 is 2.77 bits per heavy atom. The number of benzene rings is 3. The highest BCUT2D eigenvalue weighted by molar-refractivity contribution is 6.31. The number of rotatable bonds is 5. The summed E-state index contributed by atoms with van der Waals surface area (Å²) in [5, 5.41) is 3.64. The lowest BCUT2D eigenvalue weighted by molar-refractivity contribution is -0.128. The van der Waals surface area contributed by atoms with Crippen LogP contribution in [0.3, 0.4) is 0 Å². The maximum Gasteiger partial charge on any atom is 0.338 e. The Morgan fingerprint density at radius 2 is 2.00 bits per heavy atom. The van der Waals surface area contributed by atoms with Gasteiger partial charge in [-0.1, -0.05) is 41.4 Å². The van der Waals surface area contributed by atoms with Crippen LogP contribution < -0.4 is 5.32 Å². The number of amides is 1. The first-order chi connectivity index (χ1) is 20.7. The van der Waals surface area contributed by atoms with E-state index < -0.39 is 17.3 Å². The lowest BCUT2D eigenvalue weighted by Gasteiger charge is -2.40. The zero-order chi connectivity index (χ0) is 29.8. The average molecular weight is 620 g/mol. The van der Waals surface area contributed by atoms with Gasteiger partial charge in [0.1, 0.15) is 17.2 Å². The number of anilines is 1. The van der Waals surface area contributed by atoms with E-state index in [0.717, 1.165) is 35.3 Å². The SMILES string of the molecule is CCOC(=O)c1cc2nc3n(c2cc1C)C[C@H]1[C@@H]3[C@H](c2cccc(Cl)c2F)[C@]2(C(=O)Nc3cc(Cl)ccc32)N1CC1CC1. The first kappa shape index (κ1) is 27.1. The van der Waals surface area contributed by atoms with Crippen molar-refractivity contribution in [2.75, 3.05) is 18.5 Å². The second-order valence-electron chi connectivity index (χ2n) is 12.2. The van der Waals surface area contributed by atoms with Crippen molar-refractivity contribution in [1.82, 2.24) is 14.5 Å². The van der Waals surface area contributed by atoms with Crippen molar-refractivity contribution >= 4 is 51.8 Å². The maximum atomic E-state index is 16.2. The van der Waals surface area contributed by atoms with E-state index in [2.05, 4.69) is 14.8 Å². The zero-order valence-electron chi connectivity index (χ0n) is 23.7. The topological polar surface area (TPSA) is 76.5 Å². The summed E-state index contributed by atoms with van der Waals surface area (Å²) >= 11 is 12.8. The molecule has 1 saturated carbocycles. The molecule has 8 rings (SSSR count). The molecule has 3 aromatic carbocycles. The van der Waals surface area contributed by atoms with E-state index in [0.29, 0.717) is 46.4 Å². The molecule has 4 aliphatic rings. The van der Waals surface area contributed by atoms with Crippen LogP contribution in [0.5, 0.6) is 0 Å². The summed E-state index contributed by atoms with van der Waals surface area (Å²) in [4.78, 5) is 34.6. The summed E-state index contributed by atoms with van der Waals surface area (Å²) < 4.78 is 23.7. The van der Waals surface area contributed by atoms with Crippen LogP contribution in [0, 0.1) is 18.7 Å². The summed E-state index contributed by atoms with van der Waals surface area (Å²) in [7, 11) is 0. The minimum absolute atomic E-state index is 0.0146. The molecular formula is C33H29Cl2FN4O3. The Morgan fingerprint density at radius 1 is 1.19 bits per heavy atom. The van der Waals surface area contributed by atoms with E-state index in [1.165, 1.54) is 6.07 Å². The number of nitrogens with zero attached hydrogens (tertiary/aromatic N) is 3. The molecule has 7 nitrogen and oxygen atoms in total. The average Bonchev–Trinajstić information content (AvgIpc) is 3.43. The van der Waals surface area contributed by atoms with Crippen molar-refractivity contribution in [3.8, 4) is 0 Å². The Labute approximate surface area is 257 Å². The number of carbonyl (C=O) groups excluding carboxylic acids is 2. The van der Waals surface area contributed by atoms with E-state index in [9.17, 15) is 9.59 Å². The van der Waals surface area contributed by atoms with Crippen molar-refractivity contribution in [2.24, 2.45) is 5.92 Å². The Balaban J connectivity index is 1.39. The van der Waals surface area contributed by atoms with Crippen LogP contribution in [0.25, 0.3) is 11.0 Å². The van der Waals surface area contributed by atoms with Crippen molar-refractivity contribution in [3.63, 3.8) is 0 Å². The zero-order valence-corrected chi connectivity index (χ0v) is 25.2. The molecule has 0 unspecified atom stereocenters. The number of fused-ring (bicyclic) bond motifs is 7. The van der Waals surface area contributed by atoms with Gasteiger partial charge in [-0.05, 0) is 74.1 Å². The number of likely N-dealkylation sites (tertiary alicyclic amines) is 1. The monoisotopic (exact) mass is 618 g/mol. The van der Waals surface area contributed by atoms with Crippen LogP contribution in [0.4, 0.5) is 10.1 Å². The third-order valence-electron chi connectivity index (χ3n) is 9.82. The Hall–Kier alpha value is -3.46. The molecule has 10 heteroatoms. The summed E-state index contributed by atoms with van der Waals surface area (Å²) in [6, 6.07) is 14.2. The van der Waals surface area contributed by atoms with Crippen LogP contribution in [0.2, 0.25) is 10.0 Å². The van der Waals surface area contributed by atoms with Crippen molar-refractivity contribution in [3.05, 3.63) is 92.5 Å². The van der Waals surface area contributed by atoms with Gasteiger partial charge in [0.25, 0.3) is 0 Å². The highest BCUT2D eigenvalue weighted by Gasteiger charge is 2.70. The number of nitrogens with one attached hydrogen (secondary N) is 1. The van der Waals surface area contributed by atoms with Crippen molar-refractivity contribution < 1.29 is 18.7 Å². The first-order valence-corrected chi connectivity index (χ1v) is 15.5. The molecule has 1 aromatic heterocycles. The molecule has 1 amide bonds.